The van der Waals surface area contributed by atoms with Crippen molar-refractivity contribution in [3.63, 3.8) is 0 Å². The minimum Gasteiger partial charge on any atom is -0.265 e. The fraction of sp³-hybridized carbons (Fsp3) is 0. The summed E-state index contributed by atoms with van der Waals surface area (Å²) in [6.07, 6.45) is 3.50. The molecule has 1 heterocycles. The first-order valence-corrected chi connectivity index (χ1v) is 6.73. The van der Waals surface area contributed by atoms with E-state index in [9.17, 15) is 0 Å². The van der Waals surface area contributed by atoms with E-state index in [2.05, 4.69) is 33.2 Å². The monoisotopic (exact) mass is 300 g/mol. The van der Waals surface area contributed by atoms with Crippen molar-refractivity contribution in [3.8, 4) is 0 Å². The molecule has 0 atom stereocenters. The first kappa shape index (κ1) is 9.63. The third kappa shape index (κ3) is 8.63. The number of nitrogens with zero attached hydrogens (tertiary/aromatic N) is 1. The summed E-state index contributed by atoms with van der Waals surface area (Å²) in [4.78, 5) is 3.78. The largest absolute Gasteiger partial charge is 0.265 e. The maximum absolute atomic E-state index is 3.78. The molecule has 9 heavy (non-hydrogen) atoms. The molecule has 0 aliphatic carbocycles. The average molecular weight is 302 g/mol. The second-order valence-electron chi connectivity index (χ2n) is 1.07. The number of rotatable bonds is 0. The van der Waals surface area contributed by atoms with Gasteiger partial charge in [0.05, 0.1) is 0 Å². The molecule has 1 rings (SSSR count). The molecule has 0 saturated heterocycles. The smallest absolute Gasteiger partial charge is 0.0267 e. The third-order valence-corrected chi connectivity index (χ3v) is 0.566. The van der Waals surface area contributed by atoms with Crippen molar-refractivity contribution in [1.29, 1.82) is 0 Å². The zero-order valence-electron chi connectivity index (χ0n) is 4.39. The van der Waals surface area contributed by atoms with Crippen molar-refractivity contribution in [2.75, 3.05) is 0 Å². The summed E-state index contributed by atoms with van der Waals surface area (Å²) in [6.45, 7) is 0. The van der Waals surface area contributed by atoms with Crippen LogP contribution in [0.4, 0.5) is 0 Å². The van der Waals surface area contributed by atoms with E-state index < -0.39 is 0 Å². The summed E-state index contributed by atoms with van der Waals surface area (Å²) in [5.41, 5.74) is 0. The Hall–Kier alpha value is 0.629. The van der Waals surface area contributed by atoms with Crippen LogP contribution in [0.1, 0.15) is 0 Å². The van der Waals surface area contributed by atoms with Gasteiger partial charge in [-0.25, -0.2) is 0 Å². The summed E-state index contributed by atoms with van der Waals surface area (Å²) in [5, 5.41) is 0. The first-order valence-electron chi connectivity index (χ1n) is 2.08. The van der Waals surface area contributed by atoms with Crippen LogP contribution in [0.5, 0.6) is 0 Å². The fourth-order valence-corrected chi connectivity index (χ4v) is 0.313. The van der Waals surface area contributed by atoms with E-state index in [-0.39, 0.29) is 0 Å². The standard InChI is InChI=1S/C5H5N.2BrH.Cu/c1-2-4-6-5-3-1;;;/h1-5H;2*1H;/q;;;+2/p-2. The second kappa shape index (κ2) is 8.63. The van der Waals surface area contributed by atoms with Gasteiger partial charge in [0.25, 0.3) is 0 Å². The Balaban J connectivity index is 0.000000187. The van der Waals surface area contributed by atoms with Crippen LogP contribution >= 0.6 is 28.2 Å². The Morgan fingerprint density at radius 3 is 1.56 bits per heavy atom. The predicted octanol–water partition coefficient (Wildman–Crippen LogP) is 2.77. The van der Waals surface area contributed by atoms with Crippen LogP contribution in [0.15, 0.2) is 30.6 Å². The normalized spacial score (nSPS) is 7.78. The van der Waals surface area contributed by atoms with Crippen LogP contribution in [0.2, 0.25) is 0 Å². The summed E-state index contributed by atoms with van der Waals surface area (Å²) >= 11 is 7.38. The van der Waals surface area contributed by atoms with Gasteiger partial charge in [-0.1, -0.05) is 6.07 Å². The molecule has 4 heteroatoms. The van der Waals surface area contributed by atoms with Gasteiger partial charge < -0.3 is 0 Å². The molecule has 1 aromatic rings. The first-order chi connectivity index (χ1) is 4.41. The molecule has 0 bridgehead atoms. The molecule has 0 spiro atoms. The zero-order chi connectivity index (χ0) is 6.95. The molecule has 55 valence electrons. The molecule has 0 aliphatic rings. The van der Waals surface area contributed by atoms with Gasteiger partial charge in [0, 0.05) is 12.4 Å². The van der Waals surface area contributed by atoms with E-state index in [1.54, 1.807) is 12.4 Å². The molecule has 0 aliphatic heterocycles. The summed E-state index contributed by atoms with van der Waals surface area (Å²) in [7, 11) is 0. The Bertz CT molecular complexity index is 97.8. The molecule has 0 unspecified atom stereocenters. The molecule has 0 radical (unpaired) electrons. The van der Waals surface area contributed by atoms with Crippen molar-refractivity contribution in [2.45, 2.75) is 0 Å². The minimum absolute atomic E-state index is 1.44. The number of halogens is 2. The maximum Gasteiger partial charge on any atom is 0.0267 e. The van der Waals surface area contributed by atoms with Crippen LogP contribution in [0.3, 0.4) is 0 Å². The van der Waals surface area contributed by atoms with Crippen LogP contribution in [-0.4, -0.2) is 4.98 Å². The van der Waals surface area contributed by atoms with Crippen LogP contribution in [0.25, 0.3) is 0 Å². The van der Waals surface area contributed by atoms with Gasteiger partial charge in [-0.15, -0.1) is 0 Å². The van der Waals surface area contributed by atoms with Crippen molar-refractivity contribution >= 4 is 28.2 Å². The van der Waals surface area contributed by atoms with E-state index >= 15 is 0 Å². The SMILES string of the molecule is [Br][Cu][Br].c1ccncc1. The van der Waals surface area contributed by atoms with Crippen molar-refractivity contribution in [1.82, 2.24) is 4.98 Å². The van der Waals surface area contributed by atoms with Crippen LogP contribution in [0, 0.1) is 0 Å². The second-order valence-corrected chi connectivity index (χ2v) is 5.82. The molecule has 0 aromatic carbocycles. The van der Waals surface area contributed by atoms with E-state index in [0.29, 0.717) is 0 Å². The van der Waals surface area contributed by atoms with Gasteiger partial charge in [-0.05, 0) is 12.1 Å². The number of hydrogen-bond donors (Lipinski definition) is 0. The molecular formula is C5H5Br2CuN. The fourth-order valence-electron chi connectivity index (χ4n) is 0.313. The molecule has 1 nitrogen and oxygen atoms in total. The molecular weight excluding hydrogens is 297 g/mol. The zero-order valence-corrected chi connectivity index (χ0v) is 8.51. The topological polar surface area (TPSA) is 12.9 Å². The Kier molecular flexibility index (Phi) is 9.23. The Morgan fingerprint density at radius 1 is 1.00 bits per heavy atom. The predicted molar refractivity (Wildman–Crippen MR) is 42.1 cm³/mol. The molecule has 0 saturated carbocycles. The van der Waals surface area contributed by atoms with Crippen LogP contribution < -0.4 is 0 Å². The average Bonchev–Trinajstić information content (AvgIpc) is 1.93. The minimum atomic E-state index is 1.44. The molecule has 0 fully saturated rings. The Morgan fingerprint density at radius 2 is 1.44 bits per heavy atom. The van der Waals surface area contributed by atoms with Gasteiger partial charge >= 0.3 is 39.6 Å². The number of hydrogen-bond acceptors (Lipinski definition) is 1. The maximum atomic E-state index is 3.78. The van der Waals surface area contributed by atoms with Gasteiger partial charge in [0.2, 0.25) is 0 Å². The van der Waals surface area contributed by atoms with Crippen molar-refractivity contribution in [3.05, 3.63) is 30.6 Å². The van der Waals surface area contributed by atoms with Crippen molar-refractivity contribution < 1.29 is 11.3 Å². The van der Waals surface area contributed by atoms with Crippen molar-refractivity contribution in [2.24, 2.45) is 0 Å². The van der Waals surface area contributed by atoms with E-state index in [1.165, 1.54) is 11.3 Å². The summed E-state index contributed by atoms with van der Waals surface area (Å²) < 4.78 is 0. The Labute approximate surface area is 74.8 Å². The molecule has 0 N–H and O–H groups in total. The molecule has 1 aromatic heterocycles. The van der Waals surface area contributed by atoms with Crippen LogP contribution in [-0.2, 0) is 11.3 Å². The molecule has 0 amide bonds. The van der Waals surface area contributed by atoms with Gasteiger partial charge in [-0.3, -0.25) is 4.98 Å². The van der Waals surface area contributed by atoms with Gasteiger partial charge in [-0.2, -0.15) is 0 Å². The number of aromatic nitrogens is 1. The summed E-state index contributed by atoms with van der Waals surface area (Å²) in [6, 6.07) is 5.72. The van der Waals surface area contributed by atoms with Gasteiger partial charge in [0.1, 0.15) is 0 Å². The number of pyridine rings is 1. The quantitative estimate of drug-likeness (QED) is 0.672. The summed E-state index contributed by atoms with van der Waals surface area (Å²) in [5.74, 6) is 0. The van der Waals surface area contributed by atoms with E-state index in [0.717, 1.165) is 0 Å². The van der Waals surface area contributed by atoms with E-state index in [1.807, 2.05) is 18.2 Å². The van der Waals surface area contributed by atoms with Gasteiger partial charge in [0.15, 0.2) is 0 Å². The van der Waals surface area contributed by atoms with E-state index in [4.69, 9.17) is 0 Å². The third-order valence-electron chi connectivity index (χ3n) is 0.566.